The average molecular weight is 176 g/mol. The molecule has 0 saturated carbocycles. The molecule has 13 heavy (non-hydrogen) atoms. The number of hydrogen-bond donors (Lipinski definition) is 1. The maximum absolute atomic E-state index is 8.47. The van der Waals surface area contributed by atoms with Crippen LogP contribution in [0.15, 0.2) is 34.5 Å². The van der Waals surface area contributed by atoms with E-state index in [1.54, 1.807) is 31.2 Å². The SMILES string of the molecule is C/C(=N\O)c1ccc(N=[N+]=[N-])cc1. The summed E-state index contributed by atoms with van der Waals surface area (Å²) in [7, 11) is 0. The van der Waals surface area contributed by atoms with E-state index in [1.165, 1.54) is 0 Å². The first-order valence-electron chi connectivity index (χ1n) is 3.62. The van der Waals surface area contributed by atoms with Crippen LogP contribution < -0.4 is 0 Å². The van der Waals surface area contributed by atoms with Crippen LogP contribution in [0.25, 0.3) is 10.4 Å². The minimum atomic E-state index is 0.521. The first-order chi connectivity index (χ1) is 6.27. The van der Waals surface area contributed by atoms with Gasteiger partial charge < -0.3 is 5.21 Å². The van der Waals surface area contributed by atoms with E-state index in [0.29, 0.717) is 11.4 Å². The topological polar surface area (TPSA) is 81.4 Å². The van der Waals surface area contributed by atoms with Gasteiger partial charge in [-0.25, -0.2) is 0 Å². The molecule has 0 bridgehead atoms. The number of hydrogen-bond acceptors (Lipinski definition) is 3. The molecular weight excluding hydrogens is 168 g/mol. The molecular formula is C8H8N4O. The van der Waals surface area contributed by atoms with Crippen LogP contribution in [0.2, 0.25) is 0 Å². The molecule has 0 aliphatic rings. The number of benzene rings is 1. The lowest BCUT2D eigenvalue weighted by Crippen LogP contribution is -1.92. The fourth-order valence-corrected chi connectivity index (χ4v) is 0.879. The Morgan fingerprint density at radius 1 is 1.38 bits per heavy atom. The van der Waals surface area contributed by atoms with Gasteiger partial charge in [0.05, 0.1) is 5.71 Å². The predicted molar refractivity (Wildman–Crippen MR) is 49.2 cm³/mol. The molecule has 5 nitrogen and oxygen atoms in total. The molecule has 0 unspecified atom stereocenters. The molecule has 0 spiro atoms. The van der Waals surface area contributed by atoms with Crippen LogP contribution in [0.3, 0.4) is 0 Å². The Kier molecular flexibility index (Phi) is 2.89. The summed E-state index contributed by atoms with van der Waals surface area (Å²) in [4.78, 5) is 2.65. The van der Waals surface area contributed by atoms with Crippen LogP contribution in [0, 0.1) is 0 Å². The summed E-state index contributed by atoms with van der Waals surface area (Å²) < 4.78 is 0. The highest BCUT2D eigenvalue weighted by molar-refractivity contribution is 5.98. The molecule has 1 aromatic rings. The molecule has 0 aromatic heterocycles. The van der Waals surface area contributed by atoms with Crippen molar-refractivity contribution in [2.75, 3.05) is 0 Å². The second-order valence-electron chi connectivity index (χ2n) is 2.42. The highest BCUT2D eigenvalue weighted by atomic mass is 16.4. The first-order valence-corrected chi connectivity index (χ1v) is 3.62. The molecule has 0 fully saturated rings. The van der Waals surface area contributed by atoms with Crippen molar-refractivity contribution in [3.63, 3.8) is 0 Å². The smallest absolute Gasteiger partial charge is 0.0836 e. The van der Waals surface area contributed by atoms with Gasteiger partial charge in [-0.1, -0.05) is 34.5 Å². The van der Waals surface area contributed by atoms with Crippen LogP contribution >= 0.6 is 0 Å². The lowest BCUT2D eigenvalue weighted by atomic mass is 10.1. The van der Waals surface area contributed by atoms with Crippen LogP contribution in [-0.2, 0) is 0 Å². The minimum Gasteiger partial charge on any atom is -0.411 e. The molecule has 1 N–H and O–H groups in total. The molecule has 0 amide bonds. The van der Waals surface area contributed by atoms with E-state index in [1.807, 2.05) is 0 Å². The summed E-state index contributed by atoms with van der Waals surface area (Å²) in [6.45, 7) is 1.68. The van der Waals surface area contributed by atoms with Crippen molar-refractivity contribution < 1.29 is 5.21 Å². The van der Waals surface area contributed by atoms with Gasteiger partial charge in [0.1, 0.15) is 0 Å². The molecule has 66 valence electrons. The summed E-state index contributed by atoms with van der Waals surface area (Å²) in [6, 6.07) is 6.76. The molecule has 0 saturated heterocycles. The van der Waals surface area contributed by atoms with E-state index in [-0.39, 0.29) is 0 Å². The molecule has 1 rings (SSSR count). The van der Waals surface area contributed by atoms with Gasteiger partial charge in [0.15, 0.2) is 0 Å². The minimum absolute atomic E-state index is 0.521. The van der Waals surface area contributed by atoms with Gasteiger partial charge in [0.2, 0.25) is 0 Å². The predicted octanol–water partition coefficient (Wildman–Crippen LogP) is 2.83. The molecule has 1 aromatic carbocycles. The highest BCUT2D eigenvalue weighted by Crippen LogP contribution is 2.13. The van der Waals surface area contributed by atoms with E-state index in [9.17, 15) is 0 Å². The standard InChI is InChI=1S/C8H8N4O/c1-6(11-13)7-2-4-8(5-3-7)10-12-9/h2-5,13H,1H3/b11-6+. The van der Waals surface area contributed by atoms with Gasteiger partial charge in [0, 0.05) is 10.6 Å². The summed E-state index contributed by atoms with van der Waals surface area (Å²) in [5.74, 6) is 0. The maximum atomic E-state index is 8.47. The second-order valence-corrected chi connectivity index (χ2v) is 2.42. The Morgan fingerprint density at radius 2 is 2.00 bits per heavy atom. The van der Waals surface area contributed by atoms with E-state index >= 15 is 0 Å². The lowest BCUT2D eigenvalue weighted by Gasteiger charge is -1.97. The van der Waals surface area contributed by atoms with Crippen LogP contribution in [-0.4, -0.2) is 10.9 Å². The van der Waals surface area contributed by atoms with Crippen molar-refractivity contribution in [3.8, 4) is 0 Å². The third kappa shape index (κ3) is 2.21. The average Bonchev–Trinajstić information content (AvgIpc) is 2.18. The van der Waals surface area contributed by atoms with Crippen molar-refractivity contribution in [3.05, 3.63) is 40.3 Å². The van der Waals surface area contributed by atoms with Crippen molar-refractivity contribution >= 4 is 11.4 Å². The Bertz CT molecular complexity index is 362. The third-order valence-electron chi connectivity index (χ3n) is 1.60. The zero-order chi connectivity index (χ0) is 9.68. The van der Waals surface area contributed by atoms with E-state index in [0.717, 1.165) is 5.56 Å². The zero-order valence-corrected chi connectivity index (χ0v) is 7.05. The summed E-state index contributed by atoms with van der Waals surface area (Å²) in [5.41, 5.74) is 9.99. The largest absolute Gasteiger partial charge is 0.411 e. The highest BCUT2D eigenvalue weighted by Gasteiger charge is 1.96. The molecule has 5 heteroatoms. The Labute approximate surface area is 74.9 Å². The Balaban J connectivity index is 3.00. The maximum Gasteiger partial charge on any atom is 0.0836 e. The molecule has 0 radical (unpaired) electrons. The normalized spacial score (nSPS) is 10.7. The van der Waals surface area contributed by atoms with Gasteiger partial charge in [-0.05, 0) is 18.0 Å². The fraction of sp³-hybridized carbons (Fsp3) is 0.125. The Hall–Kier alpha value is -2.00. The third-order valence-corrected chi connectivity index (χ3v) is 1.60. The number of rotatable bonds is 2. The van der Waals surface area contributed by atoms with Crippen LogP contribution in [0.5, 0.6) is 0 Å². The lowest BCUT2D eigenvalue weighted by molar-refractivity contribution is 0.319. The van der Waals surface area contributed by atoms with Crippen molar-refractivity contribution in [2.45, 2.75) is 6.92 Å². The van der Waals surface area contributed by atoms with E-state index in [2.05, 4.69) is 15.2 Å². The van der Waals surface area contributed by atoms with Gasteiger partial charge >= 0.3 is 0 Å². The zero-order valence-electron chi connectivity index (χ0n) is 7.05. The second kappa shape index (κ2) is 4.13. The quantitative estimate of drug-likeness (QED) is 0.184. The molecule has 0 atom stereocenters. The summed E-state index contributed by atoms with van der Waals surface area (Å²) >= 11 is 0. The van der Waals surface area contributed by atoms with Crippen molar-refractivity contribution in [2.24, 2.45) is 10.3 Å². The van der Waals surface area contributed by atoms with E-state index < -0.39 is 0 Å². The van der Waals surface area contributed by atoms with Gasteiger partial charge in [0.25, 0.3) is 0 Å². The summed E-state index contributed by atoms with van der Waals surface area (Å²) in [5, 5.41) is 14.9. The van der Waals surface area contributed by atoms with Crippen LogP contribution in [0.1, 0.15) is 12.5 Å². The number of oxime groups is 1. The van der Waals surface area contributed by atoms with E-state index in [4.69, 9.17) is 10.7 Å². The molecule has 0 aliphatic heterocycles. The number of nitrogens with zero attached hydrogens (tertiary/aromatic N) is 4. The molecule has 0 heterocycles. The van der Waals surface area contributed by atoms with Crippen molar-refractivity contribution in [1.82, 2.24) is 0 Å². The monoisotopic (exact) mass is 176 g/mol. The van der Waals surface area contributed by atoms with Crippen LogP contribution in [0.4, 0.5) is 5.69 Å². The summed E-state index contributed by atoms with van der Waals surface area (Å²) in [6.07, 6.45) is 0. The first kappa shape index (κ1) is 9.09. The van der Waals surface area contributed by atoms with Crippen molar-refractivity contribution in [1.29, 1.82) is 0 Å². The molecule has 0 aliphatic carbocycles. The van der Waals surface area contributed by atoms with Gasteiger partial charge in [-0.15, -0.1) is 0 Å². The number of azide groups is 1. The fourth-order valence-electron chi connectivity index (χ4n) is 0.879. The van der Waals surface area contributed by atoms with Gasteiger partial charge in [-0.3, -0.25) is 0 Å². The van der Waals surface area contributed by atoms with Gasteiger partial charge in [-0.2, -0.15) is 0 Å². The Morgan fingerprint density at radius 3 is 2.46 bits per heavy atom.